The highest BCUT2D eigenvalue weighted by molar-refractivity contribution is 5.53. The first-order valence-corrected chi connectivity index (χ1v) is 6.16. The molecule has 0 radical (unpaired) electrons. The Kier molecular flexibility index (Phi) is 5.69. The Morgan fingerprint density at radius 3 is 2.75 bits per heavy atom. The van der Waals surface area contributed by atoms with Crippen LogP contribution >= 0.6 is 0 Å². The minimum Gasteiger partial charge on any atom is -0.385 e. The first kappa shape index (κ1) is 12.8. The molecule has 0 heterocycles. The van der Waals surface area contributed by atoms with Gasteiger partial charge >= 0.3 is 0 Å². The van der Waals surface area contributed by atoms with Gasteiger partial charge in [0.15, 0.2) is 0 Å². The maximum atomic E-state index is 3.73. The van der Waals surface area contributed by atoms with Crippen molar-refractivity contribution in [3.8, 4) is 0 Å². The zero-order valence-electron chi connectivity index (χ0n) is 10.6. The second-order valence-corrected chi connectivity index (χ2v) is 4.31. The van der Waals surface area contributed by atoms with Crippen molar-refractivity contribution in [2.24, 2.45) is 0 Å². The van der Waals surface area contributed by atoms with Gasteiger partial charge in [-0.3, -0.25) is 0 Å². The van der Waals surface area contributed by atoms with Crippen LogP contribution in [0.5, 0.6) is 0 Å². The summed E-state index contributed by atoms with van der Waals surface area (Å²) in [6.45, 7) is 9.14. The normalized spacial score (nSPS) is 10.1. The lowest BCUT2D eigenvalue weighted by Gasteiger charge is -2.11. The molecule has 0 aliphatic heterocycles. The Bertz CT molecular complexity index is 328. The van der Waals surface area contributed by atoms with Crippen molar-refractivity contribution < 1.29 is 0 Å². The van der Waals surface area contributed by atoms with E-state index in [1.165, 1.54) is 36.1 Å². The number of nitrogens with one attached hydrogen (secondary N) is 1. The van der Waals surface area contributed by atoms with Crippen molar-refractivity contribution >= 4 is 5.69 Å². The smallest absolute Gasteiger partial charge is 0.0372 e. The van der Waals surface area contributed by atoms with Gasteiger partial charge in [-0.05, 0) is 50.3 Å². The molecule has 88 valence electrons. The Labute approximate surface area is 99.6 Å². The second kappa shape index (κ2) is 7.10. The van der Waals surface area contributed by atoms with Crippen LogP contribution in [0.4, 0.5) is 5.69 Å². The predicted octanol–water partition coefficient (Wildman–Crippen LogP) is 4.46. The van der Waals surface area contributed by atoms with Gasteiger partial charge in [0.05, 0.1) is 0 Å². The fourth-order valence-electron chi connectivity index (χ4n) is 1.76. The SMILES string of the molecule is C=CCCCCCNc1cccc(C)c1C. The van der Waals surface area contributed by atoms with E-state index in [1.54, 1.807) is 0 Å². The summed E-state index contributed by atoms with van der Waals surface area (Å²) < 4.78 is 0. The second-order valence-electron chi connectivity index (χ2n) is 4.31. The minimum absolute atomic E-state index is 1.07. The molecule has 0 amide bonds. The number of rotatable bonds is 7. The third-order valence-corrected chi connectivity index (χ3v) is 3.01. The summed E-state index contributed by atoms with van der Waals surface area (Å²) in [4.78, 5) is 0. The van der Waals surface area contributed by atoms with Crippen LogP contribution in [-0.4, -0.2) is 6.54 Å². The summed E-state index contributed by atoms with van der Waals surface area (Å²) in [7, 11) is 0. The highest BCUT2D eigenvalue weighted by atomic mass is 14.9. The van der Waals surface area contributed by atoms with Gasteiger partial charge in [0.25, 0.3) is 0 Å². The molecule has 0 bridgehead atoms. The van der Waals surface area contributed by atoms with Crippen molar-refractivity contribution in [2.75, 3.05) is 11.9 Å². The maximum absolute atomic E-state index is 3.73. The van der Waals surface area contributed by atoms with Crippen LogP contribution in [0.3, 0.4) is 0 Å². The third kappa shape index (κ3) is 4.09. The molecule has 0 aliphatic rings. The van der Waals surface area contributed by atoms with E-state index in [9.17, 15) is 0 Å². The molecule has 1 aromatic rings. The molecule has 1 heteroatoms. The topological polar surface area (TPSA) is 12.0 Å². The molecular weight excluding hydrogens is 194 g/mol. The monoisotopic (exact) mass is 217 g/mol. The molecule has 0 saturated carbocycles. The van der Waals surface area contributed by atoms with Gasteiger partial charge in [0, 0.05) is 12.2 Å². The van der Waals surface area contributed by atoms with Crippen LogP contribution in [0, 0.1) is 13.8 Å². The van der Waals surface area contributed by atoms with Crippen molar-refractivity contribution in [1.29, 1.82) is 0 Å². The third-order valence-electron chi connectivity index (χ3n) is 3.01. The first-order chi connectivity index (χ1) is 7.75. The standard InChI is InChI=1S/C15H23N/c1-4-5-6-7-8-12-16-15-11-9-10-13(2)14(15)3/h4,9-11,16H,1,5-8,12H2,2-3H3. The molecule has 16 heavy (non-hydrogen) atoms. The number of unbranched alkanes of at least 4 members (excludes halogenated alkanes) is 3. The minimum atomic E-state index is 1.07. The molecule has 0 atom stereocenters. The molecule has 1 rings (SSSR count). The number of anilines is 1. The number of hydrogen-bond donors (Lipinski definition) is 1. The zero-order valence-corrected chi connectivity index (χ0v) is 10.6. The number of aryl methyl sites for hydroxylation is 1. The number of allylic oxidation sites excluding steroid dienone is 1. The number of hydrogen-bond acceptors (Lipinski definition) is 1. The van der Waals surface area contributed by atoms with Gasteiger partial charge in [0.1, 0.15) is 0 Å². The Morgan fingerprint density at radius 1 is 1.19 bits per heavy atom. The fraction of sp³-hybridized carbons (Fsp3) is 0.467. The molecule has 0 fully saturated rings. The summed E-state index contributed by atoms with van der Waals surface area (Å²) >= 11 is 0. The largest absolute Gasteiger partial charge is 0.385 e. The zero-order chi connectivity index (χ0) is 11.8. The van der Waals surface area contributed by atoms with Gasteiger partial charge in [-0.25, -0.2) is 0 Å². The Morgan fingerprint density at radius 2 is 2.00 bits per heavy atom. The van der Waals surface area contributed by atoms with Gasteiger partial charge in [0.2, 0.25) is 0 Å². The fourth-order valence-corrected chi connectivity index (χ4v) is 1.76. The van der Waals surface area contributed by atoms with Crippen LogP contribution in [-0.2, 0) is 0 Å². The molecule has 1 N–H and O–H groups in total. The lowest BCUT2D eigenvalue weighted by molar-refractivity contribution is 0.708. The van der Waals surface area contributed by atoms with Crippen LogP contribution in [0.15, 0.2) is 30.9 Å². The first-order valence-electron chi connectivity index (χ1n) is 6.16. The molecule has 0 unspecified atom stereocenters. The van der Waals surface area contributed by atoms with E-state index >= 15 is 0 Å². The van der Waals surface area contributed by atoms with Gasteiger partial charge in [-0.1, -0.05) is 24.6 Å². The highest BCUT2D eigenvalue weighted by Gasteiger charge is 1.98. The average molecular weight is 217 g/mol. The molecule has 1 nitrogen and oxygen atoms in total. The maximum Gasteiger partial charge on any atom is 0.0372 e. The van der Waals surface area contributed by atoms with Gasteiger partial charge in [-0.15, -0.1) is 6.58 Å². The lowest BCUT2D eigenvalue weighted by atomic mass is 10.1. The van der Waals surface area contributed by atoms with Crippen LogP contribution in [0.2, 0.25) is 0 Å². The van der Waals surface area contributed by atoms with E-state index in [0.29, 0.717) is 0 Å². The van der Waals surface area contributed by atoms with E-state index in [2.05, 4.69) is 43.9 Å². The molecule has 0 spiro atoms. The quantitative estimate of drug-likeness (QED) is 0.525. The molecule has 1 aromatic carbocycles. The molecular formula is C15H23N. The summed E-state index contributed by atoms with van der Waals surface area (Å²) in [6, 6.07) is 6.43. The van der Waals surface area contributed by atoms with Gasteiger partial charge in [-0.2, -0.15) is 0 Å². The van der Waals surface area contributed by atoms with Crippen molar-refractivity contribution in [3.05, 3.63) is 42.0 Å². The Balaban J connectivity index is 2.26. The summed E-state index contributed by atoms with van der Waals surface area (Å²) in [6.07, 6.45) is 6.92. The van der Waals surface area contributed by atoms with E-state index in [1.807, 2.05) is 6.08 Å². The lowest BCUT2D eigenvalue weighted by Crippen LogP contribution is -2.03. The van der Waals surface area contributed by atoms with Crippen molar-refractivity contribution in [3.63, 3.8) is 0 Å². The predicted molar refractivity (Wildman–Crippen MR) is 73.1 cm³/mol. The molecule has 0 saturated heterocycles. The van der Waals surface area contributed by atoms with Crippen molar-refractivity contribution in [2.45, 2.75) is 39.5 Å². The summed E-state index contributed by atoms with van der Waals surface area (Å²) in [5.41, 5.74) is 4.01. The van der Waals surface area contributed by atoms with Crippen LogP contribution in [0.1, 0.15) is 36.8 Å². The van der Waals surface area contributed by atoms with Gasteiger partial charge < -0.3 is 5.32 Å². The van der Waals surface area contributed by atoms with E-state index in [4.69, 9.17) is 0 Å². The van der Waals surface area contributed by atoms with Crippen LogP contribution < -0.4 is 5.32 Å². The van der Waals surface area contributed by atoms with Crippen LogP contribution in [0.25, 0.3) is 0 Å². The number of benzene rings is 1. The molecule has 0 aromatic heterocycles. The highest BCUT2D eigenvalue weighted by Crippen LogP contribution is 2.17. The molecule has 0 aliphatic carbocycles. The van der Waals surface area contributed by atoms with E-state index < -0.39 is 0 Å². The summed E-state index contributed by atoms with van der Waals surface area (Å²) in [5, 5.41) is 3.50. The average Bonchev–Trinajstić information content (AvgIpc) is 2.29. The Hall–Kier alpha value is -1.24. The summed E-state index contributed by atoms with van der Waals surface area (Å²) in [5.74, 6) is 0. The van der Waals surface area contributed by atoms with Crippen molar-refractivity contribution in [1.82, 2.24) is 0 Å². The van der Waals surface area contributed by atoms with E-state index in [-0.39, 0.29) is 0 Å². The van der Waals surface area contributed by atoms with E-state index in [0.717, 1.165) is 13.0 Å².